The lowest BCUT2D eigenvalue weighted by Crippen LogP contribution is -2.19. The van der Waals surface area contributed by atoms with Gasteiger partial charge in [0.15, 0.2) is 0 Å². The van der Waals surface area contributed by atoms with Crippen LogP contribution >= 0.6 is 0 Å². The van der Waals surface area contributed by atoms with Crippen molar-refractivity contribution in [2.75, 3.05) is 31.4 Å². The molecular formula is C22H24F2N4O2. The van der Waals surface area contributed by atoms with E-state index in [2.05, 4.69) is 15.3 Å². The fourth-order valence-corrected chi connectivity index (χ4v) is 3.68. The van der Waals surface area contributed by atoms with E-state index in [0.717, 1.165) is 24.4 Å². The molecule has 0 radical (unpaired) electrons. The number of hydrogen-bond donors (Lipinski definition) is 2. The first-order valence-corrected chi connectivity index (χ1v) is 9.74. The summed E-state index contributed by atoms with van der Waals surface area (Å²) in [6.45, 7) is 3.94. The van der Waals surface area contributed by atoms with Gasteiger partial charge in [-0.2, -0.15) is 0 Å². The van der Waals surface area contributed by atoms with Crippen LogP contribution < -0.4 is 15.8 Å². The van der Waals surface area contributed by atoms with E-state index in [4.69, 9.17) is 15.2 Å². The van der Waals surface area contributed by atoms with Crippen LogP contribution in [0.3, 0.4) is 0 Å². The van der Waals surface area contributed by atoms with E-state index in [9.17, 15) is 8.78 Å². The number of methoxy groups -OCH3 is 1. The monoisotopic (exact) mass is 414 g/mol. The first-order chi connectivity index (χ1) is 14.2. The SMILES string of the molecule is COc1cc2nc(C)nc(-c3cc(N)cc(C(C)(F)F)c3)c2cc1NC1CCOC1. The molecule has 0 spiro atoms. The lowest BCUT2D eigenvalue weighted by molar-refractivity contribution is 0.0176. The first kappa shape index (κ1) is 20.3. The van der Waals surface area contributed by atoms with Crippen LogP contribution in [0, 0.1) is 6.92 Å². The van der Waals surface area contributed by atoms with Gasteiger partial charge in [0.1, 0.15) is 11.6 Å². The van der Waals surface area contributed by atoms with Crippen LogP contribution in [-0.4, -0.2) is 36.3 Å². The summed E-state index contributed by atoms with van der Waals surface area (Å²) in [4.78, 5) is 9.07. The van der Waals surface area contributed by atoms with E-state index in [1.54, 1.807) is 20.1 Å². The zero-order chi connectivity index (χ0) is 21.5. The number of nitrogens with zero attached hydrogens (tertiary/aromatic N) is 2. The van der Waals surface area contributed by atoms with Gasteiger partial charge in [-0.25, -0.2) is 18.7 Å². The average molecular weight is 414 g/mol. The van der Waals surface area contributed by atoms with Crippen molar-refractivity contribution < 1.29 is 18.3 Å². The lowest BCUT2D eigenvalue weighted by Gasteiger charge is -2.18. The summed E-state index contributed by atoms with van der Waals surface area (Å²) in [6, 6.07) is 8.26. The molecule has 1 aliphatic rings. The number of nitrogens with two attached hydrogens (primary N) is 1. The van der Waals surface area contributed by atoms with Gasteiger partial charge in [0.05, 0.1) is 36.7 Å². The van der Waals surface area contributed by atoms with Crippen LogP contribution in [0.1, 0.15) is 24.7 Å². The van der Waals surface area contributed by atoms with Crippen molar-refractivity contribution >= 4 is 22.3 Å². The van der Waals surface area contributed by atoms with Gasteiger partial charge in [-0.05, 0) is 37.6 Å². The summed E-state index contributed by atoms with van der Waals surface area (Å²) in [5.41, 5.74) is 8.53. The molecule has 3 N–H and O–H groups in total. The number of nitrogens with one attached hydrogen (secondary N) is 1. The van der Waals surface area contributed by atoms with Crippen molar-refractivity contribution in [2.24, 2.45) is 0 Å². The number of ether oxygens (including phenoxy) is 2. The highest BCUT2D eigenvalue weighted by atomic mass is 19.3. The Morgan fingerprint density at radius 3 is 2.67 bits per heavy atom. The van der Waals surface area contributed by atoms with Gasteiger partial charge in [0.25, 0.3) is 5.92 Å². The molecule has 2 heterocycles. The molecule has 1 atom stereocenters. The van der Waals surface area contributed by atoms with Crippen molar-refractivity contribution in [3.63, 3.8) is 0 Å². The number of benzene rings is 2. The number of aryl methyl sites for hydroxylation is 1. The number of hydrogen-bond acceptors (Lipinski definition) is 6. The Labute approximate surface area is 173 Å². The number of rotatable bonds is 5. The van der Waals surface area contributed by atoms with Gasteiger partial charge in [-0.1, -0.05) is 0 Å². The Bertz CT molecular complexity index is 1090. The van der Waals surface area contributed by atoms with Gasteiger partial charge in [-0.3, -0.25) is 0 Å². The number of aromatic nitrogens is 2. The molecule has 0 aliphatic carbocycles. The number of fused-ring (bicyclic) bond motifs is 1. The molecule has 30 heavy (non-hydrogen) atoms. The van der Waals surface area contributed by atoms with E-state index < -0.39 is 5.92 Å². The molecule has 6 nitrogen and oxygen atoms in total. The fraction of sp³-hybridized carbons (Fsp3) is 0.364. The average Bonchev–Trinajstić information content (AvgIpc) is 3.19. The minimum Gasteiger partial charge on any atom is -0.495 e. The molecule has 2 aromatic carbocycles. The van der Waals surface area contributed by atoms with E-state index >= 15 is 0 Å². The van der Waals surface area contributed by atoms with E-state index in [0.29, 0.717) is 41.6 Å². The Kier molecular flexibility index (Phi) is 5.19. The van der Waals surface area contributed by atoms with E-state index in [-0.39, 0.29) is 17.3 Å². The van der Waals surface area contributed by atoms with E-state index in [1.165, 1.54) is 12.1 Å². The van der Waals surface area contributed by atoms with Crippen molar-refractivity contribution in [3.05, 3.63) is 41.7 Å². The second-order valence-corrected chi connectivity index (χ2v) is 7.63. The van der Waals surface area contributed by atoms with Crippen LogP contribution in [0.25, 0.3) is 22.2 Å². The van der Waals surface area contributed by atoms with Crippen molar-refractivity contribution in [3.8, 4) is 17.0 Å². The van der Waals surface area contributed by atoms with Gasteiger partial charge >= 0.3 is 0 Å². The summed E-state index contributed by atoms with van der Waals surface area (Å²) in [5, 5.41) is 4.16. The van der Waals surface area contributed by atoms with Crippen LogP contribution in [-0.2, 0) is 10.7 Å². The lowest BCUT2D eigenvalue weighted by atomic mass is 10.00. The summed E-state index contributed by atoms with van der Waals surface area (Å²) in [6.07, 6.45) is 0.891. The fourth-order valence-electron chi connectivity index (χ4n) is 3.68. The minimum absolute atomic E-state index is 0.156. The zero-order valence-corrected chi connectivity index (χ0v) is 17.1. The smallest absolute Gasteiger partial charge is 0.270 e. The Morgan fingerprint density at radius 1 is 1.20 bits per heavy atom. The quantitative estimate of drug-likeness (QED) is 0.598. The van der Waals surface area contributed by atoms with E-state index in [1.807, 2.05) is 12.1 Å². The molecule has 1 saturated heterocycles. The molecule has 8 heteroatoms. The normalized spacial score (nSPS) is 16.8. The Morgan fingerprint density at radius 2 is 2.00 bits per heavy atom. The van der Waals surface area contributed by atoms with Crippen molar-refractivity contribution in [1.82, 2.24) is 9.97 Å². The summed E-state index contributed by atoms with van der Waals surface area (Å²) in [7, 11) is 1.60. The number of halogens is 2. The highest BCUT2D eigenvalue weighted by molar-refractivity contribution is 5.96. The molecule has 3 aromatic rings. The van der Waals surface area contributed by atoms with Crippen molar-refractivity contribution in [1.29, 1.82) is 0 Å². The second kappa shape index (κ2) is 7.68. The predicted octanol–water partition coefficient (Wildman–Crippen LogP) is 4.51. The predicted molar refractivity (Wildman–Crippen MR) is 113 cm³/mol. The molecule has 1 fully saturated rings. The van der Waals surface area contributed by atoms with Gasteiger partial charge in [-0.15, -0.1) is 0 Å². The molecule has 1 aliphatic heterocycles. The molecule has 1 aromatic heterocycles. The maximum absolute atomic E-state index is 14.0. The third kappa shape index (κ3) is 4.00. The van der Waals surface area contributed by atoms with Gasteiger partial charge < -0.3 is 20.5 Å². The maximum atomic E-state index is 14.0. The topological polar surface area (TPSA) is 82.3 Å². The van der Waals surface area contributed by atoms with Crippen LogP contribution in [0.4, 0.5) is 20.2 Å². The van der Waals surface area contributed by atoms with Crippen molar-refractivity contribution in [2.45, 2.75) is 32.2 Å². The van der Waals surface area contributed by atoms with Crippen LogP contribution in [0.2, 0.25) is 0 Å². The summed E-state index contributed by atoms with van der Waals surface area (Å²) < 4.78 is 39.0. The Hall–Kier alpha value is -3.00. The molecule has 0 amide bonds. The molecule has 0 saturated carbocycles. The van der Waals surface area contributed by atoms with Crippen LogP contribution in [0.5, 0.6) is 5.75 Å². The summed E-state index contributed by atoms with van der Waals surface area (Å²) in [5.74, 6) is -1.84. The minimum atomic E-state index is -3.01. The number of nitrogen functional groups attached to an aromatic ring is 1. The van der Waals surface area contributed by atoms with Gasteiger partial charge in [0.2, 0.25) is 0 Å². The van der Waals surface area contributed by atoms with Crippen LogP contribution in [0.15, 0.2) is 30.3 Å². The number of alkyl halides is 2. The largest absolute Gasteiger partial charge is 0.495 e. The second-order valence-electron chi connectivity index (χ2n) is 7.63. The third-order valence-electron chi connectivity index (χ3n) is 5.15. The standard InChI is InChI=1S/C22H24F2N4O2/c1-12-26-18-10-20(29-3)19(28-16-4-5-30-11-16)9-17(18)21(27-12)13-6-14(22(2,23)24)8-15(25)7-13/h6-10,16,28H,4-5,11,25H2,1-3H3. The first-order valence-electron chi connectivity index (χ1n) is 9.74. The highest BCUT2D eigenvalue weighted by Gasteiger charge is 2.26. The highest BCUT2D eigenvalue weighted by Crippen LogP contribution is 2.37. The summed E-state index contributed by atoms with van der Waals surface area (Å²) >= 11 is 0. The maximum Gasteiger partial charge on any atom is 0.270 e. The molecule has 158 valence electrons. The Balaban J connectivity index is 1.90. The molecular weight excluding hydrogens is 390 g/mol. The zero-order valence-electron chi connectivity index (χ0n) is 17.1. The third-order valence-corrected chi connectivity index (χ3v) is 5.15. The molecule has 0 bridgehead atoms. The van der Waals surface area contributed by atoms with Gasteiger partial charge in [0, 0.05) is 41.8 Å². The molecule has 4 rings (SSSR count). The molecule has 1 unspecified atom stereocenters. The number of anilines is 2.